The summed E-state index contributed by atoms with van der Waals surface area (Å²) in [5, 5.41) is 9.50. The molecule has 0 spiro atoms. The van der Waals surface area contributed by atoms with Gasteiger partial charge >= 0.3 is 0 Å². The van der Waals surface area contributed by atoms with Gasteiger partial charge in [-0.15, -0.1) is 36.2 Å². The lowest BCUT2D eigenvalue weighted by atomic mass is 9.91. The number of hydrogen-bond acceptors (Lipinski definition) is 5. The topological polar surface area (TPSA) is 63.2 Å². The van der Waals surface area contributed by atoms with Gasteiger partial charge in [0.2, 0.25) is 0 Å². The lowest BCUT2D eigenvalue weighted by molar-refractivity contribution is -0.146. The molecule has 1 aliphatic rings. The first-order chi connectivity index (χ1) is 10.1. The molecule has 2 rings (SSSR count). The maximum atomic E-state index is 12.4. The van der Waals surface area contributed by atoms with Crippen LogP contribution in [0.25, 0.3) is 0 Å². The van der Waals surface area contributed by atoms with Crippen molar-refractivity contribution in [2.75, 3.05) is 26.7 Å². The van der Waals surface area contributed by atoms with Crippen LogP contribution in [0.15, 0.2) is 5.38 Å². The molecular weight excluding hydrogens is 357 g/mol. The summed E-state index contributed by atoms with van der Waals surface area (Å²) in [4.78, 5) is 17.0. The average molecular weight is 384 g/mol. The smallest absolute Gasteiger partial charge is 0.252 e. The second-order valence-electron chi connectivity index (χ2n) is 5.79. The second-order valence-corrected chi connectivity index (χ2v) is 6.68. The molecule has 0 bridgehead atoms. The Morgan fingerprint density at radius 3 is 2.61 bits per heavy atom. The van der Waals surface area contributed by atoms with Crippen molar-refractivity contribution in [1.29, 1.82) is 0 Å². The Labute approximate surface area is 154 Å². The molecule has 0 aliphatic carbocycles. The zero-order valence-corrected chi connectivity index (χ0v) is 16.3. The van der Waals surface area contributed by atoms with E-state index in [-0.39, 0.29) is 30.7 Å². The quantitative estimate of drug-likeness (QED) is 0.791. The van der Waals surface area contributed by atoms with Crippen molar-refractivity contribution in [2.24, 2.45) is 0 Å². The van der Waals surface area contributed by atoms with Crippen molar-refractivity contribution in [1.82, 2.24) is 15.6 Å². The van der Waals surface area contributed by atoms with Gasteiger partial charge in [0.05, 0.1) is 10.7 Å². The lowest BCUT2D eigenvalue weighted by Gasteiger charge is -2.34. The van der Waals surface area contributed by atoms with Crippen LogP contribution >= 0.6 is 36.2 Å². The summed E-state index contributed by atoms with van der Waals surface area (Å²) in [5.41, 5.74) is 0.400. The second kappa shape index (κ2) is 10.5. The molecule has 0 unspecified atom stereocenters. The molecule has 1 amide bonds. The van der Waals surface area contributed by atoms with Gasteiger partial charge in [-0.1, -0.05) is 13.8 Å². The van der Waals surface area contributed by atoms with Crippen molar-refractivity contribution in [2.45, 2.75) is 44.6 Å². The van der Waals surface area contributed by atoms with Crippen LogP contribution in [0.4, 0.5) is 0 Å². The zero-order valence-electron chi connectivity index (χ0n) is 13.9. The number of amides is 1. The summed E-state index contributed by atoms with van der Waals surface area (Å²) in [6, 6.07) is 0. The van der Waals surface area contributed by atoms with E-state index in [9.17, 15) is 4.79 Å². The Morgan fingerprint density at radius 2 is 2.09 bits per heavy atom. The van der Waals surface area contributed by atoms with Gasteiger partial charge < -0.3 is 15.4 Å². The number of piperidine rings is 1. The number of rotatable bonds is 6. The predicted molar refractivity (Wildman–Crippen MR) is 99.3 cm³/mol. The molecule has 5 nitrogen and oxygen atoms in total. The van der Waals surface area contributed by atoms with Crippen LogP contribution in [-0.4, -0.2) is 43.2 Å². The minimum absolute atomic E-state index is 0. The summed E-state index contributed by atoms with van der Waals surface area (Å²) in [6.45, 7) is 6.54. The van der Waals surface area contributed by atoms with E-state index in [0.29, 0.717) is 12.5 Å². The van der Waals surface area contributed by atoms with Gasteiger partial charge in [-0.05, 0) is 25.9 Å². The van der Waals surface area contributed by atoms with E-state index < -0.39 is 5.60 Å². The number of carbonyl (C=O) groups is 1. The summed E-state index contributed by atoms with van der Waals surface area (Å²) in [6.07, 6.45) is 2.22. The highest BCUT2D eigenvalue weighted by molar-refractivity contribution is 7.09. The van der Waals surface area contributed by atoms with Crippen LogP contribution < -0.4 is 10.6 Å². The number of aromatic nitrogens is 1. The Morgan fingerprint density at radius 1 is 1.43 bits per heavy atom. The van der Waals surface area contributed by atoms with Crippen LogP contribution in [0, 0.1) is 0 Å². The molecule has 0 atom stereocenters. The van der Waals surface area contributed by atoms with Crippen molar-refractivity contribution in [3.8, 4) is 0 Å². The van der Waals surface area contributed by atoms with Crippen molar-refractivity contribution in [3.63, 3.8) is 0 Å². The van der Waals surface area contributed by atoms with Crippen LogP contribution in [0.5, 0.6) is 0 Å². The number of nitrogens with zero attached hydrogens (tertiary/aromatic N) is 1. The molecule has 1 fully saturated rings. The Kier molecular flexibility index (Phi) is 10.3. The number of carbonyl (C=O) groups excluding carboxylic acids is 1. The van der Waals surface area contributed by atoms with Crippen LogP contribution in [-0.2, 0) is 16.0 Å². The summed E-state index contributed by atoms with van der Waals surface area (Å²) in [5.74, 6) is 0.468. The number of thiazole rings is 1. The number of hydrogen-bond donors (Lipinski definition) is 2. The Hall–Kier alpha value is -0.400. The molecule has 2 heterocycles. The van der Waals surface area contributed by atoms with Crippen molar-refractivity contribution < 1.29 is 9.53 Å². The molecule has 1 aromatic heterocycles. The van der Waals surface area contributed by atoms with Gasteiger partial charge in [-0.2, -0.15) is 0 Å². The predicted octanol–water partition coefficient (Wildman–Crippen LogP) is 2.54. The first kappa shape index (κ1) is 22.6. The fourth-order valence-electron chi connectivity index (χ4n) is 2.52. The zero-order chi connectivity index (χ0) is 15.3. The first-order valence-electron chi connectivity index (χ1n) is 7.56. The molecule has 1 saturated heterocycles. The molecule has 23 heavy (non-hydrogen) atoms. The third kappa shape index (κ3) is 5.87. The fraction of sp³-hybridized carbons (Fsp3) is 0.733. The molecule has 2 N–H and O–H groups in total. The van der Waals surface area contributed by atoms with Crippen LogP contribution in [0.2, 0.25) is 0 Å². The van der Waals surface area contributed by atoms with E-state index in [2.05, 4.69) is 34.8 Å². The van der Waals surface area contributed by atoms with Crippen LogP contribution in [0.1, 0.15) is 43.3 Å². The SMILES string of the molecule is COC1(C(=O)NCCc2csc(C(C)C)n2)CCNCC1.Cl.Cl. The van der Waals surface area contributed by atoms with Gasteiger partial charge in [0.1, 0.15) is 5.60 Å². The molecular formula is C15H27Cl2N3O2S. The summed E-state index contributed by atoms with van der Waals surface area (Å²) in [7, 11) is 1.63. The maximum absolute atomic E-state index is 12.4. The van der Waals surface area contributed by atoms with E-state index in [1.807, 2.05) is 0 Å². The Bertz CT molecular complexity index is 477. The van der Waals surface area contributed by atoms with Gasteiger partial charge in [-0.3, -0.25) is 4.79 Å². The number of ether oxygens (including phenoxy) is 1. The van der Waals surface area contributed by atoms with Crippen molar-refractivity contribution >= 4 is 42.1 Å². The van der Waals surface area contributed by atoms with Gasteiger partial charge in [0.15, 0.2) is 0 Å². The monoisotopic (exact) mass is 383 g/mol. The number of halogens is 2. The number of methoxy groups -OCH3 is 1. The first-order valence-corrected chi connectivity index (χ1v) is 8.44. The van der Waals surface area contributed by atoms with E-state index in [0.717, 1.165) is 43.1 Å². The highest BCUT2D eigenvalue weighted by Crippen LogP contribution is 2.23. The highest BCUT2D eigenvalue weighted by Gasteiger charge is 2.39. The van der Waals surface area contributed by atoms with E-state index in [4.69, 9.17) is 4.74 Å². The molecule has 0 saturated carbocycles. The van der Waals surface area contributed by atoms with E-state index in [1.165, 1.54) is 0 Å². The third-order valence-corrected chi connectivity index (χ3v) is 5.14. The number of nitrogens with one attached hydrogen (secondary N) is 2. The van der Waals surface area contributed by atoms with Crippen molar-refractivity contribution in [3.05, 3.63) is 16.1 Å². The lowest BCUT2D eigenvalue weighted by Crippen LogP contribution is -2.54. The summed E-state index contributed by atoms with van der Waals surface area (Å²) < 4.78 is 5.51. The third-order valence-electron chi connectivity index (χ3n) is 3.95. The standard InChI is InChI=1S/C15H25N3O2S.2ClH/c1-11(2)13-18-12(10-21-13)4-7-17-14(19)15(20-3)5-8-16-9-6-15;;/h10-11,16H,4-9H2,1-3H3,(H,17,19);2*1H. The van der Waals surface area contributed by atoms with Gasteiger partial charge in [0, 0.05) is 31.4 Å². The molecule has 134 valence electrons. The molecule has 8 heteroatoms. The fourth-order valence-corrected chi connectivity index (χ4v) is 3.39. The Balaban J connectivity index is 0.00000242. The van der Waals surface area contributed by atoms with Crippen LogP contribution in [0.3, 0.4) is 0 Å². The van der Waals surface area contributed by atoms with Gasteiger partial charge in [0.25, 0.3) is 5.91 Å². The summed E-state index contributed by atoms with van der Waals surface area (Å²) >= 11 is 1.69. The molecule has 1 aromatic rings. The maximum Gasteiger partial charge on any atom is 0.252 e. The average Bonchev–Trinajstić information content (AvgIpc) is 2.97. The van der Waals surface area contributed by atoms with E-state index >= 15 is 0 Å². The van der Waals surface area contributed by atoms with E-state index in [1.54, 1.807) is 18.4 Å². The normalized spacial score (nSPS) is 16.3. The minimum atomic E-state index is -0.656. The molecule has 0 radical (unpaired) electrons. The molecule has 1 aliphatic heterocycles. The highest BCUT2D eigenvalue weighted by atomic mass is 35.5. The van der Waals surface area contributed by atoms with Gasteiger partial charge in [-0.25, -0.2) is 4.98 Å². The minimum Gasteiger partial charge on any atom is -0.368 e. The largest absolute Gasteiger partial charge is 0.368 e. The molecule has 0 aromatic carbocycles.